The molecule has 33 heavy (non-hydrogen) atoms. The normalized spacial score (nSPS) is 16.8. The van der Waals surface area contributed by atoms with Gasteiger partial charge in [-0.2, -0.15) is 4.31 Å². The van der Waals surface area contributed by atoms with Crippen LogP contribution in [0.25, 0.3) is 0 Å². The number of esters is 1. The summed E-state index contributed by atoms with van der Waals surface area (Å²) < 4.78 is 48.0. The Labute approximate surface area is 191 Å². The third-order valence-electron chi connectivity index (χ3n) is 5.23. The van der Waals surface area contributed by atoms with Crippen molar-refractivity contribution in [3.05, 3.63) is 53.6 Å². The Morgan fingerprint density at radius 2 is 1.85 bits per heavy atom. The van der Waals surface area contributed by atoms with E-state index in [1.54, 1.807) is 18.2 Å². The van der Waals surface area contributed by atoms with Crippen LogP contribution in [0.5, 0.6) is 11.5 Å². The molecule has 2 aliphatic heterocycles. The number of amides is 1. The average molecular weight is 477 g/mol. The van der Waals surface area contributed by atoms with Crippen molar-refractivity contribution in [3.8, 4) is 11.5 Å². The molecule has 176 valence electrons. The van der Waals surface area contributed by atoms with Gasteiger partial charge in [-0.05, 0) is 42.8 Å². The molecule has 1 fully saturated rings. The summed E-state index contributed by atoms with van der Waals surface area (Å²) in [4.78, 5) is 24.9. The zero-order chi connectivity index (χ0) is 23.4. The highest BCUT2D eigenvalue weighted by molar-refractivity contribution is 7.89. The maximum atomic E-state index is 12.8. The Hall–Kier alpha value is -3.15. The number of fused-ring (bicyclic) bond motifs is 1. The third-order valence-corrected chi connectivity index (χ3v) is 7.13. The number of rotatable bonds is 7. The van der Waals surface area contributed by atoms with Gasteiger partial charge in [0.15, 0.2) is 17.6 Å². The number of carbonyl (C=O) groups excluding carboxylic acids is 2. The summed E-state index contributed by atoms with van der Waals surface area (Å²) in [5.41, 5.74) is 0.840. The van der Waals surface area contributed by atoms with E-state index in [4.69, 9.17) is 18.9 Å². The van der Waals surface area contributed by atoms with E-state index in [9.17, 15) is 18.0 Å². The van der Waals surface area contributed by atoms with E-state index in [1.165, 1.54) is 35.5 Å². The number of hydrogen-bond acceptors (Lipinski definition) is 8. The van der Waals surface area contributed by atoms with Crippen LogP contribution < -0.4 is 14.8 Å². The molecule has 1 N–H and O–H groups in total. The molecule has 2 aromatic rings. The Kier molecular flexibility index (Phi) is 6.82. The molecule has 2 heterocycles. The van der Waals surface area contributed by atoms with Crippen LogP contribution in [0.3, 0.4) is 0 Å². The van der Waals surface area contributed by atoms with Crippen molar-refractivity contribution in [3.63, 3.8) is 0 Å². The predicted molar refractivity (Wildman–Crippen MR) is 115 cm³/mol. The van der Waals surface area contributed by atoms with Gasteiger partial charge in [0.1, 0.15) is 0 Å². The fraction of sp³-hybridized carbons (Fsp3) is 0.364. The summed E-state index contributed by atoms with van der Waals surface area (Å²) in [5.74, 6) is -0.0313. The fourth-order valence-corrected chi connectivity index (χ4v) is 4.84. The minimum atomic E-state index is -3.76. The highest BCUT2D eigenvalue weighted by Gasteiger charge is 2.27. The smallest absolute Gasteiger partial charge is 0.338 e. The van der Waals surface area contributed by atoms with Crippen molar-refractivity contribution in [2.75, 3.05) is 33.1 Å². The van der Waals surface area contributed by atoms with E-state index in [-0.39, 0.29) is 36.9 Å². The van der Waals surface area contributed by atoms with Crippen molar-refractivity contribution in [1.29, 1.82) is 0 Å². The summed E-state index contributed by atoms with van der Waals surface area (Å²) in [6.45, 7) is 2.95. The van der Waals surface area contributed by atoms with Gasteiger partial charge in [-0.15, -0.1) is 0 Å². The molecule has 0 aliphatic carbocycles. The number of ether oxygens (including phenoxy) is 4. The molecule has 2 aromatic carbocycles. The SMILES string of the molecule is CC(OC(=O)c1cccc(S(=O)(=O)N2CCOCC2)c1)C(=O)NCc1ccc2c(c1)OCO2. The van der Waals surface area contributed by atoms with Crippen LogP contribution in [0.1, 0.15) is 22.8 Å². The quantitative estimate of drug-likeness (QED) is 0.594. The molecule has 1 amide bonds. The van der Waals surface area contributed by atoms with Gasteiger partial charge in [0.2, 0.25) is 16.8 Å². The standard InChI is InChI=1S/C22H24N2O8S/c1-15(21(25)23-13-16-5-6-19-20(11-16)31-14-30-19)32-22(26)17-3-2-4-18(12-17)33(27,28)24-7-9-29-10-8-24/h2-6,11-12,15H,7-10,13-14H2,1H3,(H,23,25). The van der Waals surface area contributed by atoms with E-state index in [0.717, 1.165) is 5.56 Å². The number of sulfonamides is 1. The Balaban J connectivity index is 1.35. The zero-order valence-corrected chi connectivity index (χ0v) is 18.8. The van der Waals surface area contributed by atoms with Crippen molar-refractivity contribution in [2.45, 2.75) is 24.5 Å². The van der Waals surface area contributed by atoms with Crippen LogP contribution in [-0.2, 0) is 30.8 Å². The Bertz CT molecular complexity index is 1140. The number of morpholine rings is 1. The molecule has 1 unspecified atom stereocenters. The molecule has 4 rings (SSSR count). The molecular formula is C22H24N2O8S. The predicted octanol–water partition coefficient (Wildman–Crippen LogP) is 1.30. The number of benzene rings is 2. The lowest BCUT2D eigenvalue weighted by atomic mass is 10.2. The van der Waals surface area contributed by atoms with Crippen molar-refractivity contribution in [2.24, 2.45) is 0 Å². The maximum absolute atomic E-state index is 12.8. The second kappa shape index (κ2) is 9.77. The summed E-state index contributed by atoms with van der Waals surface area (Å²) >= 11 is 0. The highest BCUT2D eigenvalue weighted by Crippen LogP contribution is 2.32. The van der Waals surface area contributed by atoms with Gasteiger partial charge in [-0.3, -0.25) is 4.79 Å². The molecule has 11 heteroatoms. The van der Waals surface area contributed by atoms with Gasteiger partial charge >= 0.3 is 5.97 Å². The second-order valence-electron chi connectivity index (χ2n) is 7.50. The fourth-order valence-electron chi connectivity index (χ4n) is 3.39. The maximum Gasteiger partial charge on any atom is 0.338 e. The second-order valence-corrected chi connectivity index (χ2v) is 9.44. The molecule has 0 bridgehead atoms. The van der Waals surface area contributed by atoms with Gasteiger partial charge in [0.05, 0.1) is 23.7 Å². The van der Waals surface area contributed by atoms with E-state index in [0.29, 0.717) is 24.7 Å². The molecule has 0 spiro atoms. The molecular weight excluding hydrogens is 452 g/mol. The van der Waals surface area contributed by atoms with E-state index >= 15 is 0 Å². The Morgan fingerprint density at radius 1 is 1.09 bits per heavy atom. The summed E-state index contributed by atoms with van der Waals surface area (Å²) in [6, 6.07) is 10.9. The van der Waals surface area contributed by atoms with E-state index in [2.05, 4.69) is 5.32 Å². The lowest BCUT2D eigenvalue weighted by Gasteiger charge is -2.26. The molecule has 0 aromatic heterocycles. The van der Waals surface area contributed by atoms with Gasteiger partial charge in [0, 0.05) is 19.6 Å². The monoisotopic (exact) mass is 476 g/mol. The first-order valence-corrected chi connectivity index (χ1v) is 11.8. The van der Waals surface area contributed by atoms with Crippen LogP contribution in [0, 0.1) is 0 Å². The topological polar surface area (TPSA) is 120 Å². The minimum absolute atomic E-state index is 0.0150. The van der Waals surface area contributed by atoms with Gasteiger partial charge in [-0.25, -0.2) is 13.2 Å². The lowest BCUT2D eigenvalue weighted by Crippen LogP contribution is -2.40. The van der Waals surface area contributed by atoms with Gasteiger partial charge < -0.3 is 24.3 Å². The van der Waals surface area contributed by atoms with Crippen LogP contribution in [0.4, 0.5) is 0 Å². The molecule has 0 saturated carbocycles. The van der Waals surface area contributed by atoms with Crippen LogP contribution in [-0.4, -0.2) is 63.8 Å². The van der Waals surface area contributed by atoms with Crippen LogP contribution in [0.15, 0.2) is 47.4 Å². The van der Waals surface area contributed by atoms with E-state index < -0.39 is 28.0 Å². The molecule has 1 saturated heterocycles. The summed E-state index contributed by atoms with van der Waals surface area (Å²) in [7, 11) is -3.76. The number of hydrogen-bond donors (Lipinski definition) is 1. The lowest BCUT2D eigenvalue weighted by molar-refractivity contribution is -0.129. The van der Waals surface area contributed by atoms with Crippen molar-refractivity contribution < 1.29 is 37.0 Å². The van der Waals surface area contributed by atoms with Crippen molar-refractivity contribution >= 4 is 21.9 Å². The van der Waals surface area contributed by atoms with Crippen LogP contribution in [0.2, 0.25) is 0 Å². The van der Waals surface area contributed by atoms with Crippen molar-refractivity contribution in [1.82, 2.24) is 9.62 Å². The third kappa shape index (κ3) is 5.27. The zero-order valence-electron chi connectivity index (χ0n) is 18.0. The van der Waals surface area contributed by atoms with E-state index in [1.807, 2.05) is 0 Å². The first-order chi connectivity index (χ1) is 15.8. The number of nitrogens with one attached hydrogen (secondary N) is 1. The first kappa shape index (κ1) is 23.0. The van der Waals surface area contributed by atoms with Crippen LogP contribution >= 0.6 is 0 Å². The highest BCUT2D eigenvalue weighted by atomic mass is 32.2. The first-order valence-electron chi connectivity index (χ1n) is 10.4. The molecule has 10 nitrogen and oxygen atoms in total. The summed E-state index contributed by atoms with van der Waals surface area (Å²) in [6.07, 6.45) is -1.08. The largest absolute Gasteiger partial charge is 0.454 e. The van der Waals surface area contributed by atoms with Gasteiger partial charge in [-0.1, -0.05) is 12.1 Å². The number of carbonyl (C=O) groups is 2. The molecule has 0 radical (unpaired) electrons. The molecule has 1 atom stereocenters. The molecule has 2 aliphatic rings. The minimum Gasteiger partial charge on any atom is -0.454 e. The average Bonchev–Trinajstić information content (AvgIpc) is 3.31. The van der Waals surface area contributed by atoms with Gasteiger partial charge in [0.25, 0.3) is 5.91 Å². The summed E-state index contributed by atoms with van der Waals surface area (Å²) in [5, 5.41) is 2.70. The number of nitrogens with zero attached hydrogens (tertiary/aromatic N) is 1. The Morgan fingerprint density at radius 3 is 2.64 bits per heavy atom.